The Morgan fingerprint density at radius 3 is 2.81 bits per heavy atom. The van der Waals surface area contributed by atoms with Crippen molar-refractivity contribution in [1.82, 2.24) is 5.01 Å². The number of likely N-dealkylation sites (tertiary alicyclic amines) is 1. The third-order valence-electron chi connectivity index (χ3n) is 6.02. The predicted octanol–water partition coefficient (Wildman–Crippen LogP) is 2.59. The van der Waals surface area contributed by atoms with Gasteiger partial charge in [0, 0.05) is 22.6 Å². The van der Waals surface area contributed by atoms with E-state index >= 15 is 0 Å². The first-order valence-electron chi connectivity index (χ1n) is 9.50. The standard InChI is InChI=1S/C21H22ClN3O2/c1-24-9-7-21(8-10-24)25-19(17-12-15(22)5-6-20(17)27-21)13-18(23-25)14-3-2-4-16(26)11-14/h2-6,11-12,19,26H,7-10,13H2,1H3/p+1/t19-/m1/s1. The average Bonchev–Trinajstić information content (AvgIpc) is 3.12. The fourth-order valence-corrected chi connectivity index (χ4v) is 4.69. The Kier molecular flexibility index (Phi) is 3.85. The minimum absolute atomic E-state index is 0.114. The molecule has 0 radical (unpaired) electrons. The highest BCUT2D eigenvalue weighted by molar-refractivity contribution is 6.30. The highest BCUT2D eigenvalue weighted by atomic mass is 35.5. The lowest BCUT2D eigenvalue weighted by Crippen LogP contribution is -3.11. The van der Waals surface area contributed by atoms with E-state index in [1.165, 1.54) is 4.90 Å². The van der Waals surface area contributed by atoms with Crippen LogP contribution in [0.1, 0.15) is 36.4 Å². The summed E-state index contributed by atoms with van der Waals surface area (Å²) in [4.78, 5) is 1.53. The number of aromatic hydroxyl groups is 1. The second kappa shape index (κ2) is 6.14. The zero-order chi connectivity index (χ0) is 18.6. The maximum atomic E-state index is 9.88. The van der Waals surface area contributed by atoms with Gasteiger partial charge in [-0.15, -0.1) is 0 Å². The number of hydrogen-bond donors (Lipinski definition) is 2. The van der Waals surface area contributed by atoms with Crippen molar-refractivity contribution in [3.63, 3.8) is 0 Å². The van der Waals surface area contributed by atoms with Gasteiger partial charge in [-0.2, -0.15) is 5.10 Å². The first-order valence-corrected chi connectivity index (χ1v) is 9.88. The summed E-state index contributed by atoms with van der Waals surface area (Å²) in [5.74, 6) is 1.19. The van der Waals surface area contributed by atoms with Crippen molar-refractivity contribution in [3.8, 4) is 11.5 Å². The summed E-state index contributed by atoms with van der Waals surface area (Å²) in [5, 5.41) is 17.8. The van der Waals surface area contributed by atoms with E-state index in [-0.39, 0.29) is 11.8 Å². The van der Waals surface area contributed by atoms with E-state index in [2.05, 4.69) is 12.1 Å². The molecule has 0 aliphatic carbocycles. The summed E-state index contributed by atoms with van der Waals surface area (Å²) < 4.78 is 6.58. The van der Waals surface area contributed by atoms with Crippen LogP contribution in [0.4, 0.5) is 0 Å². The van der Waals surface area contributed by atoms with E-state index in [0.29, 0.717) is 5.02 Å². The van der Waals surface area contributed by atoms with Crippen LogP contribution in [0.3, 0.4) is 0 Å². The number of phenolic OH excluding ortho intramolecular Hbond substituents is 1. The van der Waals surface area contributed by atoms with Gasteiger partial charge in [-0.25, -0.2) is 5.01 Å². The number of ether oxygens (including phenoxy) is 1. The number of nitrogens with zero attached hydrogens (tertiary/aromatic N) is 2. The number of benzene rings is 2. The molecule has 3 heterocycles. The maximum absolute atomic E-state index is 9.88. The van der Waals surface area contributed by atoms with Crippen LogP contribution in [0.25, 0.3) is 0 Å². The van der Waals surface area contributed by atoms with E-state index in [1.807, 2.05) is 30.3 Å². The number of rotatable bonds is 1. The van der Waals surface area contributed by atoms with E-state index < -0.39 is 5.72 Å². The normalized spacial score (nSPS) is 29.1. The van der Waals surface area contributed by atoms with Crippen LogP contribution >= 0.6 is 11.6 Å². The van der Waals surface area contributed by atoms with Crippen LogP contribution in [0.5, 0.6) is 11.5 Å². The Balaban J connectivity index is 1.60. The molecule has 6 heteroatoms. The summed E-state index contributed by atoms with van der Waals surface area (Å²) in [6.45, 7) is 2.12. The molecule has 2 N–H and O–H groups in total. The highest BCUT2D eigenvalue weighted by Gasteiger charge is 2.52. The Labute approximate surface area is 163 Å². The Bertz CT molecular complexity index is 921. The molecule has 1 spiro atoms. The molecule has 5 nitrogen and oxygen atoms in total. The first-order chi connectivity index (χ1) is 13.0. The van der Waals surface area contributed by atoms with Gasteiger partial charge in [0.2, 0.25) is 5.72 Å². The molecule has 1 saturated heterocycles. The molecular formula is C21H23ClN3O2+. The lowest BCUT2D eigenvalue weighted by atomic mass is 9.91. The molecule has 27 heavy (non-hydrogen) atoms. The van der Waals surface area contributed by atoms with E-state index in [4.69, 9.17) is 21.4 Å². The van der Waals surface area contributed by atoms with Crippen molar-refractivity contribution in [1.29, 1.82) is 0 Å². The number of hydrazone groups is 1. The SMILES string of the molecule is C[NH+]1CCC2(CC1)Oc1ccc(Cl)cc1[C@H]1CC(c3cccc(O)c3)=NN12. The van der Waals surface area contributed by atoms with Crippen LogP contribution in [0.2, 0.25) is 5.02 Å². The van der Waals surface area contributed by atoms with E-state index in [9.17, 15) is 5.11 Å². The number of hydrogen-bond acceptors (Lipinski definition) is 4. The van der Waals surface area contributed by atoms with Crippen LogP contribution < -0.4 is 9.64 Å². The number of piperidine rings is 1. The molecule has 1 atom stereocenters. The zero-order valence-electron chi connectivity index (χ0n) is 15.3. The van der Waals surface area contributed by atoms with E-state index in [0.717, 1.165) is 54.9 Å². The van der Waals surface area contributed by atoms with Crippen molar-refractivity contribution < 1.29 is 14.7 Å². The van der Waals surface area contributed by atoms with Gasteiger partial charge >= 0.3 is 0 Å². The summed E-state index contributed by atoms with van der Waals surface area (Å²) in [5.41, 5.74) is 2.64. The Hall–Kier alpha value is -2.24. The molecule has 2 aromatic rings. The Morgan fingerprint density at radius 2 is 2.04 bits per heavy atom. The molecule has 3 aliphatic heterocycles. The van der Waals surface area contributed by atoms with Crippen LogP contribution in [0.15, 0.2) is 47.6 Å². The maximum Gasteiger partial charge on any atom is 0.208 e. The second-order valence-corrected chi connectivity index (χ2v) is 8.29. The topological polar surface area (TPSA) is 49.5 Å². The molecule has 5 rings (SSSR count). The monoisotopic (exact) mass is 384 g/mol. The summed E-state index contributed by atoms with van der Waals surface area (Å²) in [6.07, 6.45) is 2.66. The lowest BCUT2D eigenvalue weighted by molar-refractivity contribution is -0.888. The summed E-state index contributed by atoms with van der Waals surface area (Å²) in [7, 11) is 2.23. The van der Waals surface area contributed by atoms with Crippen LogP contribution in [-0.2, 0) is 0 Å². The van der Waals surface area contributed by atoms with Crippen molar-refractivity contribution in [2.75, 3.05) is 20.1 Å². The van der Waals surface area contributed by atoms with Crippen molar-refractivity contribution >= 4 is 17.3 Å². The molecule has 0 unspecified atom stereocenters. The smallest absolute Gasteiger partial charge is 0.208 e. The molecule has 2 aromatic carbocycles. The Morgan fingerprint density at radius 1 is 1.22 bits per heavy atom. The average molecular weight is 385 g/mol. The van der Waals surface area contributed by atoms with Crippen LogP contribution in [0, 0.1) is 0 Å². The molecule has 0 saturated carbocycles. The van der Waals surface area contributed by atoms with Crippen molar-refractivity contribution in [3.05, 3.63) is 58.6 Å². The minimum atomic E-state index is -0.399. The first kappa shape index (κ1) is 16.9. The van der Waals surface area contributed by atoms with Crippen molar-refractivity contribution in [2.45, 2.75) is 31.0 Å². The highest BCUT2D eigenvalue weighted by Crippen LogP contribution is 2.49. The van der Waals surface area contributed by atoms with E-state index in [1.54, 1.807) is 12.1 Å². The molecular weight excluding hydrogens is 362 g/mol. The predicted molar refractivity (Wildman–Crippen MR) is 105 cm³/mol. The van der Waals surface area contributed by atoms with Gasteiger partial charge in [0.1, 0.15) is 11.5 Å². The third-order valence-corrected chi connectivity index (χ3v) is 6.26. The second-order valence-electron chi connectivity index (χ2n) is 7.85. The molecule has 3 aliphatic rings. The fraction of sp³-hybridized carbons (Fsp3) is 0.381. The van der Waals surface area contributed by atoms with Gasteiger partial charge in [0.05, 0.1) is 44.7 Å². The number of phenols is 1. The fourth-order valence-electron chi connectivity index (χ4n) is 4.51. The van der Waals surface area contributed by atoms with Gasteiger partial charge < -0.3 is 14.7 Å². The van der Waals surface area contributed by atoms with Crippen LogP contribution in [-0.4, -0.2) is 41.7 Å². The van der Waals surface area contributed by atoms with Gasteiger partial charge in [-0.3, -0.25) is 0 Å². The van der Waals surface area contributed by atoms with Gasteiger partial charge in [-0.05, 0) is 30.3 Å². The number of quaternary nitrogens is 1. The third kappa shape index (κ3) is 2.77. The largest absolute Gasteiger partial charge is 0.508 e. The van der Waals surface area contributed by atoms with Gasteiger partial charge in [0.15, 0.2) is 0 Å². The summed E-state index contributed by atoms with van der Waals surface area (Å²) in [6, 6.07) is 13.3. The molecule has 1 fully saturated rings. The van der Waals surface area contributed by atoms with Crippen molar-refractivity contribution in [2.24, 2.45) is 5.10 Å². The summed E-state index contributed by atoms with van der Waals surface area (Å²) >= 11 is 6.29. The quantitative estimate of drug-likeness (QED) is 0.794. The number of nitrogens with one attached hydrogen (secondary N) is 1. The van der Waals surface area contributed by atoms with Gasteiger partial charge in [0.25, 0.3) is 0 Å². The minimum Gasteiger partial charge on any atom is -0.508 e. The number of halogens is 1. The van der Waals surface area contributed by atoms with Gasteiger partial charge in [-0.1, -0.05) is 23.7 Å². The lowest BCUT2D eigenvalue weighted by Gasteiger charge is -2.49. The molecule has 140 valence electrons. The molecule has 0 amide bonds. The zero-order valence-corrected chi connectivity index (χ0v) is 16.0. The number of fused-ring (bicyclic) bond motifs is 4. The molecule has 0 aromatic heterocycles. The molecule has 0 bridgehead atoms.